The summed E-state index contributed by atoms with van der Waals surface area (Å²) in [5.74, 6) is -1.22. The fraction of sp³-hybridized carbons (Fsp3) is 0.200. The molecule has 0 saturated heterocycles. The first-order chi connectivity index (χ1) is 11.0. The molecule has 0 bridgehead atoms. The van der Waals surface area contributed by atoms with Crippen LogP contribution in [-0.2, 0) is 11.2 Å². The maximum atomic E-state index is 12.0. The summed E-state index contributed by atoms with van der Waals surface area (Å²) in [6.45, 7) is 2.13. The van der Waals surface area contributed by atoms with Crippen LogP contribution in [0.1, 0.15) is 23.0 Å². The van der Waals surface area contributed by atoms with Gasteiger partial charge in [0.05, 0.1) is 6.07 Å². The second kappa shape index (κ2) is 5.56. The number of nitro groups is 1. The smallest absolute Gasteiger partial charge is 0.395 e. The van der Waals surface area contributed by atoms with Gasteiger partial charge in [-0.05, 0) is 36.2 Å². The van der Waals surface area contributed by atoms with Crippen molar-refractivity contribution < 1.29 is 18.9 Å². The van der Waals surface area contributed by atoms with Gasteiger partial charge in [0.2, 0.25) is 5.91 Å². The lowest BCUT2D eigenvalue weighted by Crippen LogP contribution is -2.25. The molecule has 2 amide bonds. The summed E-state index contributed by atoms with van der Waals surface area (Å²) in [7, 11) is 0. The van der Waals surface area contributed by atoms with Crippen molar-refractivity contribution in [3.05, 3.63) is 51.8 Å². The Morgan fingerprint density at radius 2 is 2.09 bits per heavy atom. The fourth-order valence-corrected chi connectivity index (χ4v) is 2.55. The molecule has 3 rings (SSSR count). The molecule has 2 heterocycles. The molecule has 8 nitrogen and oxygen atoms in total. The summed E-state index contributed by atoms with van der Waals surface area (Å²) < 4.78 is 4.86. The maximum absolute atomic E-state index is 12.0. The van der Waals surface area contributed by atoms with Gasteiger partial charge < -0.3 is 14.6 Å². The number of nitrogens with zero attached hydrogens (tertiary/aromatic N) is 2. The molecule has 1 N–H and O–H groups in total. The number of rotatable bonds is 3. The molecule has 8 heteroatoms. The van der Waals surface area contributed by atoms with Gasteiger partial charge in [-0.3, -0.25) is 19.7 Å². The van der Waals surface area contributed by atoms with E-state index in [1.807, 2.05) is 0 Å². The molecule has 23 heavy (non-hydrogen) atoms. The van der Waals surface area contributed by atoms with Crippen LogP contribution in [0.5, 0.6) is 0 Å². The molecule has 1 aliphatic heterocycles. The third-order valence-corrected chi connectivity index (χ3v) is 3.61. The highest BCUT2D eigenvalue weighted by Crippen LogP contribution is 2.30. The van der Waals surface area contributed by atoms with E-state index in [0.29, 0.717) is 18.7 Å². The number of carbonyl (C=O) groups excluding carboxylic acids is 2. The van der Waals surface area contributed by atoms with Crippen LogP contribution in [0.2, 0.25) is 0 Å². The lowest BCUT2D eigenvalue weighted by Gasteiger charge is -2.14. The van der Waals surface area contributed by atoms with E-state index in [0.717, 1.165) is 17.3 Å². The van der Waals surface area contributed by atoms with Crippen molar-refractivity contribution in [3.63, 3.8) is 0 Å². The largest absolute Gasteiger partial charge is 0.433 e. The predicted octanol–water partition coefficient (Wildman–Crippen LogP) is 2.35. The van der Waals surface area contributed by atoms with Gasteiger partial charge >= 0.3 is 5.88 Å². The zero-order chi connectivity index (χ0) is 16.6. The first-order valence-corrected chi connectivity index (χ1v) is 6.92. The molecule has 1 aromatic carbocycles. The lowest BCUT2D eigenvalue weighted by atomic mass is 10.1. The number of hydrogen-bond donors (Lipinski definition) is 1. The summed E-state index contributed by atoms with van der Waals surface area (Å²) in [6.07, 6.45) is 0.713. The molecule has 118 valence electrons. The van der Waals surface area contributed by atoms with Gasteiger partial charge in [0.1, 0.15) is 4.92 Å². The number of furan rings is 1. The van der Waals surface area contributed by atoms with E-state index in [2.05, 4.69) is 5.32 Å². The molecule has 0 aliphatic carbocycles. The topological polar surface area (TPSA) is 106 Å². The molecule has 0 radical (unpaired) electrons. The number of nitrogens with one attached hydrogen (secondary N) is 1. The second-order valence-electron chi connectivity index (χ2n) is 5.11. The lowest BCUT2D eigenvalue weighted by molar-refractivity contribution is -0.402. The normalized spacial score (nSPS) is 12.8. The summed E-state index contributed by atoms with van der Waals surface area (Å²) in [5, 5.41) is 13.2. The number of hydrogen-bond acceptors (Lipinski definition) is 5. The van der Waals surface area contributed by atoms with Crippen LogP contribution in [0.25, 0.3) is 0 Å². The number of carbonyl (C=O) groups is 2. The van der Waals surface area contributed by atoms with E-state index in [-0.39, 0.29) is 11.7 Å². The van der Waals surface area contributed by atoms with Gasteiger partial charge in [-0.2, -0.15) is 0 Å². The highest BCUT2D eigenvalue weighted by atomic mass is 16.6. The third kappa shape index (κ3) is 2.78. The quantitative estimate of drug-likeness (QED) is 0.691. The predicted molar refractivity (Wildman–Crippen MR) is 81.5 cm³/mol. The summed E-state index contributed by atoms with van der Waals surface area (Å²) in [4.78, 5) is 35.1. The van der Waals surface area contributed by atoms with E-state index in [1.54, 1.807) is 23.1 Å². The molecule has 0 atom stereocenters. The van der Waals surface area contributed by atoms with E-state index < -0.39 is 16.7 Å². The maximum Gasteiger partial charge on any atom is 0.433 e. The van der Waals surface area contributed by atoms with E-state index >= 15 is 0 Å². The zero-order valence-electron chi connectivity index (χ0n) is 12.2. The average Bonchev–Trinajstić information content (AvgIpc) is 3.13. The standard InChI is InChI=1S/C15H13N3O5/c1-9(19)17-7-6-10-8-11(2-3-12(10)17)16-15(20)13-4-5-14(23-13)18(21)22/h2-5,8H,6-7H2,1H3,(H,16,20). The summed E-state index contributed by atoms with van der Waals surface area (Å²) in [5.41, 5.74) is 2.34. The van der Waals surface area contributed by atoms with Crippen molar-refractivity contribution in [2.45, 2.75) is 13.3 Å². The molecule has 0 fully saturated rings. The molecule has 1 aromatic heterocycles. The summed E-state index contributed by atoms with van der Waals surface area (Å²) >= 11 is 0. The van der Waals surface area contributed by atoms with Crippen LogP contribution in [0.3, 0.4) is 0 Å². The van der Waals surface area contributed by atoms with Gasteiger partial charge in [-0.25, -0.2) is 0 Å². The van der Waals surface area contributed by atoms with Crippen LogP contribution in [0.15, 0.2) is 34.7 Å². The minimum Gasteiger partial charge on any atom is -0.395 e. The first-order valence-electron chi connectivity index (χ1n) is 6.92. The van der Waals surface area contributed by atoms with Crippen molar-refractivity contribution in [1.82, 2.24) is 0 Å². The van der Waals surface area contributed by atoms with Gasteiger partial charge in [0, 0.05) is 24.8 Å². The van der Waals surface area contributed by atoms with Crippen molar-refractivity contribution in [2.24, 2.45) is 0 Å². The molecule has 1 aliphatic rings. The van der Waals surface area contributed by atoms with Crippen molar-refractivity contribution in [3.8, 4) is 0 Å². The Labute approximate surface area is 130 Å². The average molecular weight is 315 g/mol. The summed E-state index contributed by atoms with van der Waals surface area (Å²) in [6, 6.07) is 7.60. The van der Waals surface area contributed by atoms with E-state index in [1.165, 1.54) is 13.0 Å². The Morgan fingerprint density at radius 3 is 2.74 bits per heavy atom. The van der Waals surface area contributed by atoms with E-state index in [4.69, 9.17) is 4.42 Å². The fourth-order valence-electron chi connectivity index (χ4n) is 2.55. The Morgan fingerprint density at radius 1 is 1.30 bits per heavy atom. The van der Waals surface area contributed by atoms with Gasteiger partial charge in [-0.1, -0.05) is 0 Å². The van der Waals surface area contributed by atoms with Gasteiger partial charge in [0.15, 0.2) is 5.76 Å². The molecular formula is C15H13N3O5. The van der Waals surface area contributed by atoms with Crippen LogP contribution in [0, 0.1) is 10.1 Å². The monoisotopic (exact) mass is 315 g/mol. The SMILES string of the molecule is CC(=O)N1CCc2cc(NC(=O)c3ccc([N+](=O)[O-])o3)ccc21. The number of amides is 2. The Bertz CT molecular complexity index is 811. The zero-order valence-corrected chi connectivity index (χ0v) is 12.2. The van der Waals surface area contributed by atoms with Crippen LogP contribution in [-0.4, -0.2) is 23.3 Å². The van der Waals surface area contributed by atoms with Crippen molar-refractivity contribution >= 4 is 29.1 Å². The van der Waals surface area contributed by atoms with Gasteiger partial charge in [0.25, 0.3) is 5.91 Å². The van der Waals surface area contributed by atoms with E-state index in [9.17, 15) is 19.7 Å². The molecule has 0 saturated carbocycles. The molecule has 2 aromatic rings. The Balaban J connectivity index is 1.77. The highest BCUT2D eigenvalue weighted by Gasteiger charge is 2.23. The Hall–Kier alpha value is -3.16. The highest BCUT2D eigenvalue weighted by molar-refractivity contribution is 6.03. The number of benzene rings is 1. The van der Waals surface area contributed by atoms with Crippen LogP contribution >= 0.6 is 0 Å². The molecule has 0 spiro atoms. The minimum atomic E-state index is -0.706. The van der Waals surface area contributed by atoms with Crippen LogP contribution in [0.4, 0.5) is 17.3 Å². The van der Waals surface area contributed by atoms with Crippen molar-refractivity contribution in [1.29, 1.82) is 0 Å². The third-order valence-electron chi connectivity index (χ3n) is 3.61. The van der Waals surface area contributed by atoms with Gasteiger partial charge in [-0.15, -0.1) is 0 Å². The Kier molecular flexibility index (Phi) is 3.57. The molecule has 0 unspecified atom stereocenters. The van der Waals surface area contributed by atoms with Crippen molar-refractivity contribution in [2.75, 3.05) is 16.8 Å². The second-order valence-corrected chi connectivity index (χ2v) is 5.11. The molecular weight excluding hydrogens is 302 g/mol. The minimum absolute atomic E-state index is 0.0246. The van der Waals surface area contributed by atoms with Crippen LogP contribution < -0.4 is 10.2 Å². The first kappa shape index (κ1) is 14.8. The number of fused-ring (bicyclic) bond motifs is 1. The number of anilines is 2.